The number of nitrogens with one attached hydrogen (secondary N) is 1. The van der Waals surface area contributed by atoms with E-state index < -0.39 is 0 Å². The monoisotopic (exact) mass is 354 g/mol. The number of H-pyrrole nitrogens is 1. The van der Waals surface area contributed by atoms with Crippen molar-refractivity contribution in [3.8, 4) is 11.3 Å². The first-order valence-corrected chi connectivity index (χ1v) is 9.74. The van der Waals surface area contributed by atoms with Crippen LogP contribution in [-0.4, -0.2) is 28.3 Å². The normalized spacial score (nSPS) is 19.7. The fourth-order valence-electron chi connectivity index (χ4n) is 3.21. The zero-order chi connectivity index (χ0) is 18.9. The number of hydrogen-bond acceptors (Lipinski definition) is 3. The van der Waals surface area contributed by atoms with Crippen LogP contribution in [0.15, 0.2) is 30.5 Å². The van der Waals surface area contributed by atoms with Crippen molar-refractivity contribution in [3.05, 3.63) is 36.3 Å². The van der Waals surface area contributed by atoms with E-state index in [1.54, 1.807) is 0 Å². The van der Waals surface area contributed by atoms with E-state index in [9.17, 15) is 0 Å². The number of rotatable bonds is 6. The highest BCUT2D eigenvalue weighted by Crippen LogP contribution is 2.36. The molecule has 1 saturated heterocycles. The highest BCUT2D eigenvalue weighted by atomic mass is 16.7. The van der Waals surface area contributed by atoms with Gasteiger partial charge in [0.1, 0.15) is 5.82 Å². The summed E-state index contributed by atoms with van der Waals surface area (Å²) in [7, 11) is -0.342. The predicted molar refractivity (Wildman–Crippen MR) is 108 cm³/mol. The summed E-state index contributed by atoms with van der Waals surface area (Å²) in [5.41, 5.74) is 2.53. The van der Waals surface area contributed by atoms with Gasteiger partial charge in [0, 0.05) is 5.92 Å². The van der Waals surface area contributed by atoms with Crippen molar-refractivity contribution in [3.63, 3.8) is 0 Å². The van der Waals surface area contributed by atoms with Crippen molar-refractivity contribution < 1.29 is 9.31 Å². The molecular weight excluding hydrogens is 323 g/mol. The van der Waals surface area contributed by atoms with Gasteiger partial charge in [0.15, 0.2) is 0 Å². The van der Waals surface area contributed by atoms with Crippen LogP contribution in [0.5, 0.6) is 0 Å². The maximum absolute atomic E-state index is 6.18. The van der Waals surface area contributed by atoms with Crippen LogP contribution < -0.4 is 5.46 Å². The summed E-state index contributed by atoms with van der Waals surface area (Å²) in [6.07, 6.45) is 5.54. The first-order valence-electron chi connectivity index (χ1n) is 9.74. The number of unbranched alkanes of at least 4 members (excludes halogenated alkanes) is 1. The lowest BCUT2D eigenvalue weighted by Gasteiger charge is -2.32. The number of imidazole rings is 1. The highest BCUT2D eigenvalue weighted by molar-refractivity contribution is 6.62. The van der Waals surface area contributed by atoms with Gasteiger partial charge in [-0.2, -0.15) is 0 Å². The molecule has 1 aliphatic rings. The Morgan fingerprint density at radius 2 is 1.85 bits per heavy atom. The first kappa shape index (κ1) is 19.2. The van der Waals surface area contributed by atoms with Gasteiger partial charge in [-0.05, 0) is 45.1 Å². The number of hydrogen-bond donors (Lipinski definition) is 1. The van der Waals surface area contributed by atoms with Crippen molar-refractivity contribution in [2.24, 2.45) is 0 Å². The van der Waals surface area contributed by atoms with Crippen LogP contribution in [0.4, 0.5) is 0 Å². The summed E-state index contributed by atoms with van der Waals surface area (Å²) in [5, 5.41) is 0. The molecule has 5 heteroatoms. The molecule has 1 aromatic heterocycles. The number of benzene rings is 1. The average molecular weight is 354 g/mol. The largest absolute Gasteiger partial charge is 0.494 e. The van der Waals surface area contributed by atoms with E-state index in [2.05, 4.69) is 75.8 Å². The Bertz CT molecular complexity index is 738. The van der Waals surface area contributed by atoms with Gasteiger partial charge in [-0.15, -0.1) is 0 Å². The third-order valence-electron chi connectivity index (χ3n) is 5.78. The van der Waals surface area contributed by atoms with Crippen molar-refractivity contribution in [2.75, 3.05) is 0 Å². The summed E-state index contributed by atoms with van der Waals surface area (Å²) >= 11 is 0. The molecule has 1 atom stereocenters. The smallest absolute Gasteiger partial charge is 0.399 e. The molecule has 1 aromatic carbocycles. The molecule has 2 heterocycles. The minimum atomic E-state index is -0.342. The molecule has 0 saturated carbocycles. The van der Waals surface area contributed by atoms with Crippen molar-refractivity contribution in [1.29, 1.82) is 0 Å². The van der Waals surface area contributed by atoms with E-state index in [0.717, 1.165) is 29.0 Å². The Morgan fingerprint density at radius 1 is 1.15 bits per heavy atom. The molecule has 0 amide bonds. The quantitative estimate of drug-likeness (QED) is 0.767. The molecule has 1 N–H and O–H groups in total. The van der Waals surface area contributed by atoms with Crippen LogP contribution in [0, 0.1) is 0 Å². The Hall–Kier alpha value is -1.59. The van der Waals surface area contributed by atoms with E-state index in [0.29, 0.717) is 5.92 Å². The summed E-state index contributed by atoms with van der Waals surface area (Å²) in [6, 6.07) is 8.35. The molecular formula is C21H31BN2O2. The van der Waals surface area contributed by atoms with Gasteiger partial charge in [0.05, 0.1) is 23.1 Å². The fourth-order valence-corrected chi connectivity index (χ4v) is 3.21. The predicted octanol–water partition coefficient (Wildman–Crippen LogP) is 4.67. The lowest BCUT2D eigenvalue weighted by Crippen LogP contribution is -2.41. The van der Waals surface area contributed by atoms with Crippen LogP contribution in [0.1, 0.15) is 72.5 Å². The van der Waals surface area contributed by atoms with E-state index >= 15 is 0 Å². The minimum Gasteiger partial charge on any atom is -0.399 e. The third-order valence-corrected chi connectivity index (χ3v) is 5.78. The second-order valence-corrected chi connectivity index (χ2v) is 8.44. The Morgan fingerprint density at radius 3 is 2.50 bits per heavy atom. The maximum Gasteiger partial charge on any atom is 0.494 e. The molecule has 1 aliphatic heterocycles. The summed E-state index contributed by atoms with van der Waals surface area (Å²) in [6.45, 7) is 12.8. The lowest BCUT2D eigenvalue weighted by atomic mass is 9.78. The van der Waals surface area contributed by atoms with E-state index in [-0.39, 0.29) is 18.3 Å². The van der Waals surface area contributed by atoms with Gasteiger partial charge in [-0.25, -0.2) is 4.98 Å². The summed E-state index contributed by atoms with van der Waals surface area (Å²) in [5.74, 6) is 1.52. The first-order chi connectivity index (χ1) is 12.2. The van der Waals surface area contributed by atoms with Crippen molar-refractivity contribution >= 4 is 12.6 Å². The van der Waals surface area contributed by atoms with Gasteiger partial charge in [0.25, 0.3) is 0 Å². The molecule has 4 nitrogen and oxygen atoms in total. The van der Waals surface area contributed by atoms with Crippen LogP contribution in [-0.2, 0) is 9.31 Å². The molecule has 0 bridgehead atoms. The maximum atomic E-state index is 6.18. The van der Waals surface area contributed by atoms with Gasteiger partial charge in [-0.3, -0.25) is 0 Å². The SMILES string of the molecule is CCCC[C@H](C)c1ncc(-c2cccc(B3OC(C)(C)C(C)(C)O3)c2)[nH]1. The van der Waals surface area contributed by atoms with Crippen molar-refractivity contribution in [2.45, 2.75) is 77.9 Å². The van der Waals surface area contributed by atoms with E-state index in [4.69, 9.17) is 9.31 Å². The van der Waals surface area contributed by atoms with Crippen LogP contribution in [0.25, 0.3) is 11.3 Å². The van der Waals surface area contributed by atoms with Crippen molar-refractivity contribution in [1.82, 2.24) is 9.97 Å². The zero-order valence-electron chi connectivity index (χ0n) is 16.9. The molecule has 0 radical (unpaired) electrons. The summed E-state index contributed by atoms with van der Waals surface area (Å²) in [4.78, 5) is 8.10. The number of nitrogens with zero attached hydrogens (tertiary/aromatic N) is 1. The van der Waals surface area contributed by atoms with Gasteiger partial charge in [-0.1, -0.05) is 51.0 Å². The molecule has 140 valence electrons. The zero-order valence-corrected chi connectivity index (χ0v) is 16.9. The molecule has 0 aliphatic carbocycles. The van der Waals surface area contributed by atoms with Gasteiger partial charge < -0.3 is 14.3 Å². The Balaban J connectivity index is 1.80. The Kier molecular flexibility index (Phi) is 5.31. The lowest BCUT2D eigenvalue weighted by molar-refractivity contribution is 0.00578. The second-order valence-electron chi connectivity index (χ2n) is 8.44. The van der Waals surface area contributed by atoms with Crippen LogP contribution >= 0.6 is 0 Å². The molecule has 26 heavy (non-hydrogen) atoms. The van der Waals surface area contributed by atoms with Crippen LogP contribution in [0.2, 0.25) is 0 Å². The summed E-state index contributed by atoms with van der Waals surface area (Å²) < 4.78 is 12.4. The molecule has 0 unspecified atom stereocenters. The highest BCUT2D eigenvalue weighted by Gasteiger charge is 2.51. The minimum absolute atomic E-state index is 0.330. The third kappa shape index (κ3) is 3.74. The second kappa shape index (κ2) is 7.20. The molecule has 0 spiro atoms. The Labute approximate surface area is 157 Å². The van der Waals surface area contributed by atoms with E-state index in [1.807, 2.05) is 6.20 Å². The van der Waals surface area contributed by atoms with E-state index in [1.165, 1.54) is 12.8 Å². The average Bonchev–Trinajstić information content (AvgIpc) is 3.16. The van der Waals surface area contributed by atoms with Crippen LogP contribution in [0.3, 0.4) is 0 Å². The molecule has 2 aromatic rings. The number of aromatic nitrogens is 2. The van der Waals surface area contributed by atoms with Gasteiger partial charge >= 0.3 is 7.12 Å². The van der Waals surface area contributed by atoms with Gasteiger partial charge in [0.2, 0.25) is 0 Å². The topological polar surface area (TPSA) is 47.1 Å². The molecule has 1 fully saturated rings. The number of aromatic amines is 1. The fraction of sp³-hybridized carbons (Fsp3) is 0.571. The standard InChI is InChI=1S/C21H31BN2O2/c1-7-8-10-15(2)19-23-14-18(24-19)16-11-9-12-17(13-16)22-25-20(3,4)21(5,6)26-22/h9,11-15H,7-8,10H2,1-6H3,(H,23,24)/t15-/m0/s1. The molecule has 3 rings (SSSR count).